The summed E-state index contributed by atoms with van der Waals surface area (Å²) in [6, 6.07) is 3.56. The number of rotatable bonds is 6. The molecule has 0 saturated heterocycles. The van der Waals surface area contributed by atoms with Crippen molar-refractivity contribution in [1.82, 2.24) is 9.71 Å². The average Bonchev–Trinajstić information content (AvgIpc) is 2.32. The Morgan fingerprint density at radius 2 is 2.22 bits per heavy atom. The average molecular weight is 269 g/mol. The molecule has 1 heterocycles. The summed E-state index contributed by atoms with van der Waals surface area (Å²) >= 11 is 0. The first-order valence-electron chi connectivity index (χ1n) is 6.34. The molecule has 0 amide bonds. The highest BCUT2D eigenvalue weighted by Crippen LogP contribution is 2.23. The molecule has 6 heteroatoms. The fourth-order valence-corrected chi connectivity index (χ4v) is 3.22. The van der Waals surface area contributed by atoms with Gasteiger partial charge in [-0.3, -0.25) is 0 Å². The van der Waals surface area contributed by atoms with E-state index in [9.17, 15) is 8.42 Å². The molecule has 1 aliphatic carbocycles. The Hall–Kier alpha value is -1.14. The fourth-order valence-electron chi connectivity index (χ4n) is 1.80. The summed E-state index contributed by atoms with van der Waals surface area (Å²) in [7, 11) is -3.51. The highest BCUT2D eigenvalue weighted by Gasteiger charge is 2.27. The van der Waals surface area contributed by atoms with Crippen LogP contribution >= 0.6 is 0 Å². The Morgan fingerprint density at radius 3 is 2.83 bits per heavy atom. The van der Waals surface area contributed by atoms with Crippen LogP contribution in [0.4, 0.5) is 5.69 Å². The second-order valence-electron chi connectivity index (χ2n) is 4.53. The molecule has 1 aromatic rings. The van der Waals surface area contributed by atoms with Gasteiger partial charge in [0, 0.05) is 18.8 Å². The van der Waals surface area contributed by atoms with Crippen molar-refractivity contribution in [3.63, 3.8) is 0 Å². The molecule has 0 radical (unpaired) electrons. The molecule has 1 aliphatic rings. The zero-order valence-electron chi connectivity index (χ0n) is 10.5. The van der Waals surface area contributed by atoms with E-state index in [1.165, 1.54) is 6.20 Å². The Kier molecular flexibility index (Phi) is 4.19. The van der Waals surface area contributed by atoms with Gasteiger partial charge < -0.3 is 5.32 Å². The highest BCUT2D eigenvalue weighted by molar-refractivity contribution is 7.89. The lowest BCUT2D eigenvalue weighted by Gasteiger charge is -2.26. The summed E-state index contributed by atoms with van der Waals surface area (Å²) in [6.07, 6.45) is 5.38. The van der Waals surface area contributed by atoms with E-state index in [4.69, 9.17) is 0 Å². The van der Waals surface area contributed by atoms with Crippen LogP contribution in [0.2, 0.25) is 0 Å². The van der Waals surface area contributed by atoms with Crippen LogP contribution in [0.25, 0.3) is 0 Å². The maximum atomic E-state index is 12.2. The van der Waals surface area contributed by atoms with E-state index in [0.717, 1.165) is 32.2 Å². The van der Waals surface area contributed by atoms with Crippen molar-refractivity contribution in [3.05, 3.63) is 18.3 Å². The van der Waals surface area contributed by atoms with Gasteiger partial charge in [0.2, 0.25) is 0 Å². The van der Waals surface area contributed by atoms with Crippen LogP contribution in [0.5, 0.6) is 0 Å². The molecule has 1 aromatic heterocycles. The van der Waals surface area contributed by atoms with Crippen molar-refractivity contribution >= 4 is 15.7 Å². The number of hydrogen-bond acceptors (Lipinski definition) is 4. The molecule has 100 valence electrons. The lowest BCUT2D eigenvalue weighted by molar-refractivity contribution is 0.383. The first-order valence-corrected chi connectivity index (χ1v) is 7.83. The molecule has 2 rings (SSSR count). The second kappa shape index (κ2) is 5.67. The summed E-state index contributed by atoms with van der Waals surface area (Å²) in [6.45, 7) is 2.77. The van der Waals surface area contributed by atoms with Crippen LogP contribution < -0.4 is 10.0 Å². The molecule has 0 aromatic carbocycles. The van der Waals surface area contributed by atoms with E-state index < -0.39 is 10.0 Å². The third-order valence-corrected chi connectivity index (χ3v) is 4.50. The normalized spacial score (nSPS) is 16.3. The molecular weight excluding hydrogens is 250 g/mol. The summed E-state index contributed by atoms with van der Waals surface area (Å²) in [5.41, 5.74) is 0.575. The lowest BCUT2D eigenvalue weighted by Crippen LogP contribution is -2.39. The van der Waals surface area contributed by atoms with Gasteiger partial charge in [-0.25, -0.2) is 18.1 Å². The molecule has 0 unspecified atom stereocenters. The van der Waals surface area contributed by atoms with Crippen molar-refractivity contribution in [2.24, 2.45) is 0 Å². The van der Waals surface area contributed by atoms with Gasteiger partial charge in [0.05, 0.1) is 5.69 Å². The molecule has 2 N–H and O–H groups in total. The Bertz CT molecular complexity index is 498. The SMILES string of the molecule is CCCNc1cccnc1S(=O)(=O)NC1CCC1. The summed E-state index contributed by atoms with van der Waals surface area (Å²) in [4.78, 5) is 4.00. The van der Waals surface area contributed by atoms with Gasteiger partial charge >= 0.3 is 0 Å². The van der Waals surface area contributed by atoms with Crippen molar-refractivity contribution in [2.75, 3.05) is 11.9 Å². The minimum atomic E-state index is -3.51. The van der Waals surface area contributed by atoms with E-state index in [1.807, 2.05) is 6.92 Å². The van der Waals surface area contributed by atoms with Crippen molar-refractivity contribution < 1.29 is 8.42 Å². The summed E-state index contributed by atoms with van der Waals surface area (Å²) < 4.78 is 27.1. The van der Waals surface area contributed by atoms with Gasteiger partial charge in [0.1, 0.15) is 0 Å². The predicted octanol–water partition coefficient (Wildman–Crippen LogP) is 1.73. The predicted molar refractivity (Wildman–Crippen MR) is 71.0 cm³/mol. The fraction of sp³-hybridized carbons (Fsp3) is 0.583. The number of pyridine rings is 1. The third kappa shape index (κ3) is 3.00. The van der Waals surface area contributed by atoms with Gasteiger partial charge in [-0.2, -0.15) is 0 Å². The lowest BCUT2D eigenvalue weighted by atomic mass is 9.94. The minimum Gasteiger partial charge on any atom is -0.383 e. The topological polar surface area (TPSA) is 71.1 Å². The van der Waals surface area contributed by atoms with Crippen LogP contribution in [0, 0.1) is 0 Å². The zero-order valence-corrected chi connectivity index (χ0v) is 11.3. The Balaban J connectivity index is 2.19. The van der Waals surface area contributed by atoms with Crippen LogP contribution in [0.15, 0.2) is 23.4 Å². The van der Waals surface area contributed by atoms with Gasteiger partial charge in [-0.1, -0.05) is 13.3 Å². The maximum absolute atomic E-state index is 12.2. The molecule has 5 nitrogen and oxygen atoms in total. The van der Waals surface area contributed by atoms with Gasteiger partial charge in [0.25, 0.3) is 10.0 Å². The van der Waals surface area contributed by atoms with Crippen molar-refractivity contribution in [2.45, 2.75) is 43.7 Å². The van der Waals surface area contributed by atoms with Crippen LogP contribution in [-0.4, -0.2) is 26.0 Å². The second-order valence-corrected chi connectivity index (χ2v) is 6.16. The van der Waals surface area contributed by atoms with E-state index in [1.54, 1.807) is 12.1 Å². The standard InChI is InChI=1S/C12H19N3O2S/c1-2-8-13-11-7-4-9-14-12(11)18(16,17)15-10-5-3-6-10/h4,7,9-10,13,15H,2-3,5-6,8H2,1H3. The highest BCUT2D eigenvalue weighted by atomic mass is 32.2. The molecular formula is C12H19N3O2S. The van der Waals surface area contributed by atoms with Gasteiger partial charge in [-0.05, 0) is 31.4 Å². The number of sulfonamides is 1. The van der Waals surface area contributed by atoms with Gasteiger partial charge in [-0.15, -0.1) is 0 Å². The Labute approximate surface area is 108 Å². The molecule has 1 fully saturated rings. The van der Waals surface area contributed by atoms with Crippen LogP contribution in [-0.2, 0) is 10.0 Å². The third-order valence-electron chi connectivity index (χ3n) is 3.02. The van der Waals surface area contributed by atoms with Crippen LogP contribution in [0.1, 0.15) is 32.6 Å². The van der Waals surface area contributed by atoms with Crippen molar-refractivity contribution in [3.8, 4) is 0 Å². The van der Waals surface area contributed by atoms with Crippen molar-refractivity contribution in [1.29, 1.82) is 0 Å². The molecule has 0 bridgehead atoms. The van der Waals surface area contributed by atoms with Gasteiger partial charge in [0.15, 0.2) is 5.03 Å². The smallest absolute Gasteiger partial charge is 0.260 e. The van der Waals surface area contributed by atoms with Crippen LogP contribution in [0.3, 0.4) is 0 Å². The molecule has 18 heavy (non-hydrogen) atoms. The largest absolute Gasteiger partial charge is 0.383 e. The molecule has 0 spiro atoms. The summed E-state index contributed by atoms with van der Waals surface area (Å²) in [5, 5.41) is 3.20. The summed E-state index contributed by atoms with van der Waals surface area (Å²) in [5.74, 6) is 0. The number of nitrogens with one attached hydrogen (secondary N) is 2. The first kappa shape index (κ1) is 13.3. The Morgan fingerprint density at radius 1 is 1.44 bits per heavy atom. The molecule has 0 aliphatic heterocycles. The van der Waals surface area contributed by atoms with E-state index in [0.29, 0.717) is 5.69 Å². The number of aromatic nitrogens is 1. The molecule has 0 atom stereocenters. The number of hydrogen-bond donors (Lipinski definition) is 2. The number of nitrogens with zero attached hydrogens (tertiary/aromatic N) is 1. The van der Waals surface area contributed by atoms with E-state index in [-0.39, 0.29) is 11.1 Å². The zero-order chi connectivity index (χ0) is 13.0. The first-order chi connectivity index (χ1) is 8.63. The monoisotopic (exact) mass is 269 g/mol. The minimum absolute atomic E-state index is 0.0797. The molecule has 1 saturated carbocycles. The maximum Gasteiger partial charge on any atom is 0.260 e. The van der Waals surface area contributed by atoms with E-state index in [2.05, 4.69) is 15.0 Å². The quantitative estimate of drug-likeness (QED) is 0.825. The number of anilines is 1. The van der Waals surface area contributed by atoms with E-state index >= 15 is 0 Å².